The molecule has 2 fully saturated rings. The van der Waals surface area contributed by atoms with Crippen LogP contribution in [0.2, 0.25) is 0 Å². The topological polar surface area (TPSA) is 62.4 Å². The summed E-state index contributed by atoms with van der Waals surface area (Å²) >= 11 is 0. The molecule has 1 aromatic carbocycles. The first kappa shape index (κ1) is 20.1. The lowest BCUT2D eigenvalue weighted by molar-refractivity contribution is -0.138. The number of nitrogens with one attached hydrogen (secondary N) is 1. The average Bonchev–Trinajstić information content (AvgIpc) is 3.26. The van der Waals surface area contributed by atoms with E-state index in [4.69, 9.17) is 4.74 Å². The Morgan fingerprint density at radius 2 is 1.97 bits per heavy atom. The predicted molar refractivity (Wildman–Crippen MR) is 115 cm³/mol. The molecule has 0 bridgehead atoms. The molecule has 1 unspecified atom stereocenters. The van der Waals surface area contributed by atoms with Gasteiger partial charge in [-0.2, -0.15) is 0 Å². The molecular formula is C24H32N2O3. The minimum atomic E-state index is -0.101. The van der Waals surface area contributed by atoms with E-state index in [-0.39, 0.29) is 23.5 Å². The zero-order valence-corrected chi connectivity index (χ0v) is 17.4. The highest BCUT2D eigenvalue weighted by Gasteiger charge is 2.29. The van der Waals surface area contributed by atoms with Crippen LogP contribution in [0.5, 0.6) is 0 Å². The van der Waals surface area contributed by atoms with E-state index in [0.717, 1.165) is 62.5 Å². The van der Waals surface area contributed by atoms with Crippen LogP contribution in [0.25, 0.3) is 10.9 Å². The maximum absolute atomic E-state index is 13.3. The van der Waals surface area contributed by atoms with Gasteiger partial charge in [0, 0.05) is 30.1 Å². The fourth-order valence-electron chi connectivity index (χ4n) is 4.72. The van der Waals surface area contributed by atoms with Gasteiger partial charge in [0.05, 0.1) is 12.6 Å². The number of rotatable bonds is 6. The molecule has 1 amide bonds. The molecule has 1 aromatic heterocycles. The highest BCUT2D eigenvalue weighted by Crippen LogP contribution is 2.27. The minimum Gasteiger partial charge on any atom is -0.376 e. The van der Waals surface area contributed by atoms with Crippen molar-refractivity contribution < 1.29 is 9.53 Å². The molecule has 5 nitrogen and oxygen atoms in total. The van der Waals surface area contributed by atoms with Crippen molar-refractivity contribution in [3.8, 4) is 0 Å². The maximum atomic E-state index is 13.3. The molecule has 2 heterocycles. The highest BCUT2D eigenvalue weighted by atomic mass is 16.5. The molecule has 4 rings (SSSR count). The Balaban J connectivity index is 1.60. The van der Waals surface area contributed by atoms with Gasteiger partial charge in [0.2, 0.25) is 5.91 Å². The first-order chi connectivity index (χ1) is 14.1. The summed E-state index contributed by atoms with van der Waals surface area (Å²) in [6, 6.07) is 8.11. The van der Waals surface area contributed by atoms with E-state index in [2.05, 4.69) is 18.0 Å². The monoisotopic (exact) mass is 396 g/mol. The van der Waals surface area contributed by atoms with Crippen LogP contribution in [0.1, 0.15) is 63.0 Å². The maximum Gasteiger partial charge on any atom is 0.253 e. The fourth-order valence-corrected chi connectivity index (χ4v) is 4.72. The van der Waals surface area contributed by atoms with E-state index < -0.39 is 0 Å². The molecule has 1 saturated carbocycles. The molecule has 29 heavy (non-hydrogen) atoms. The van der Waals surface area contributed by atoms with Gasteiger partial charge in [-0.3, -0.25) is 9.59 Å². The lowest BCUT2D eigenvalue weighted by Gasteiger charge is -2.31. The van der Waals surface area contributed by atoms with E-state index in [1.165, 1.54) is 12.0 Å². The Labute approximate surface area is 172 Å². The van der Waals surface area contributed by atoms with Crippen molar-refractivity contribution in [1.82, 2.24) is 9.88 Å². The fraction of sp³-hybridized carbons (Fsp3) is 0.583. The van der Waals surface area contributed by atoms with E-state index in [1.54, 1.807) is 0 Å². The number of nitrogens with zero attached hydrogens (tertiary/aromatic N) is 1. The normalized spacial score (nSPS) is 20.2. The molecule has 0 radical (unpaired) electrons. The van der Waals surface area contributed by atoms with Gasteiger partial charge in [0.25, 0.3) is 5.56 Å². The number of aromatic amines is 1. The SMILES string of the molecule is CCc1ccc2[nH]c(=O)c(CN(CC3CCCO3)C(=O)C3CCCCC3)cc2c1. The molecule has 2 aromatic rings. The van der Waals surface area contributed by atoms with Crippen LogP contribution in [0.15, 0.2) is 29.1 Å². The number of aryl methyl sites for hydroxylation is 1. The third-order valence-electron chi connectivity index (χ3n) is 6.47. The first-order valence-corrected chi connectivity index (χ1v) is 11.2. The number of amides is 1. The zero-order chi connectivity index (χ0) is 20.2. The third kappa shape index (κ3) is 4.72. The molecule has 2 aliphatic rings. The van der Waals surface area contributed by atoms with E-state index in [9.17, 15) is 9.59 Å². The second kappa shape index (κ2) is 9.12. The van der Waals surface area contributed by atoms with Crippen molar-refractivity contribution in [3.05, 3.63) is 45.7 Å². The smallest absolute Gasteiger partial charge is 0.253 e. The van der Waals surface area contributed by atoms with Crippen LogP contribution in [-0.4, -0.2) is 35.0 Å². The summed E-state index contributed by atoms with van der Waals surface area (Å²) in [5.41, 5.74) is 2.65. The number of hydrogen-bond acceptors (Lipinski definition) is 3. The molecule has 1 N–H and O–H groups in total. The van der Waals surface area contributed by atoms with Gasteiger partial charge in [0.15, 0.2) is 0 Å². The van der Waals surface area contributed by atoms with Crippen LogP contribution in [0.3, 0.4) is 0 Å². The second-order valence-electron chi connectivity index (χ2n) is 8.59. The summed E-state index contributed by atoms with van der Waals surface area (Å²) < 4.78 is 5.81. The Bertz CT molecular complexity index is 908. The number of fused-ring (bicyclic) bond motifs is 1. The molecule has 1 aliphatic heterocycles. The van der Waals surface area contributed by atoms with Gasteiger partial charge in [-0.25, -0.2) is 0 Å². The molecule has 5 heteroatoms. The Morgan fingerprint density at radius 3 is 2.69 bits per heavy atom. The molecule has 1 saturated heterocycles. The minimum absolute atomic E-state index is 0.0915. The van der Waals surface area contributed by atoms with Crippen molar-refractivity contribution in [1.29, 1.82) is 0 Å². The van der Waals surface area contributed by atoms with Crippen molar-refractivity contribution in [2.45, 2.75) is 70.9 Å². The van der Waals surface area contributed by atoms with Crippen LogP contribution in [-0.2, 0) is 22.5 Å². The van der Waals surface area contributed by atoms with Crippen molar-refractivity contribution in [3.63, 3.8) is 0 Å². The first-order valence-electron chi connectivity index (χ1n) is 11.2. The van der Waals surface area contributed by atoms with Crippen molar-refractivity contribution >= 4 is 16.8 Å². The largest absolute Gasteiger partial charge is 0.376 e. The summed E-state index contributed by atoms with van der Waals surface area (Å²) in [6.45, 7) is 3.84. The molecule has 0 spiro atoms. The molecule has 1 atom stereocenters. The van der Waals surface area contributed by atoms with Gasteiger partial charge in [-0.1, -0.05) is 32.3 Å². The number of hydrogen-bond donors (Lipinski definition) is 1. The number of carbonyl (C=O) groups excluding carboxylic acids is 1. The van der Waals surface area contributed by atoms with Crippen LogP contribution < -0.4 is 5.56 Å². The lowest BCUT2D eigenvalue weighted by atomic mass is 9.88. The molecular weight excluding hydrogens is 364 g/mol. The van der Waals surface area contributed by atoms with Crippen molar-refractivity contribution in [2.24, 2.45) is 5.92 Å². The van der Waals surface area contributed by atoms with Gasteiger partial charge in [-0.05, 0) is 61.3 Å². The third-order valence-corrected chi connectivity index (χ3v) is 6.47. The standard InChI is InChI=1S/C24H32N2O3/c1-2-17-10-11-22-19(13-17)14-20(23(27)25-22)15-26(16-21-9-6-12-29-21)24(28)18-7-4-3-5-8-18/h10-11,13-14,18,21H,2-9,12,15-16H2,1H3,(H,25,27). The van der Waals surface area contributed by atoms with Crippen LogP contribution in [0, 0.1) is 5.92 Å². The summed E-state index contributed by atoms with van der Waals surface area (Å²) in [5, 5.41) is 1.03. The number of ether oxygens (including phenoxy) is 1. The summed E-state index contributed by atoms with van der Waals surface area (Å²) in [4.78, 5) is 31.0. The summed E-state index contributed by atoms with van der Waals surface area (Å²) in [5.74, 6) is 0.290. The average molecular weight is 397 g/mol. The number of aromatic nitrogens is 1. The Kier molecular flexibility index (Phi) is 6.34. The number of benzene rings is 1. The molecule has 156 valence electrons. The summed E-state index contributed by atoms with van der Waals surface area (Å²) in [7, 11) is 0. The Morgan fingerprint density at radius 1 is 1.14 bits per heavy atom. The van der Waals surface area contributed by atoms with E-state index >= 15 is 0 Å². The van der Waals surface area contributed by atoms with Crippen LogP contribution in [0.4, 0.5) is 0 Å². The molecule has 1 aliphatic carbocycles. The number of carbonyl (C=O) groups is 1. The van der Waals surface area contributed by atoms with Crippen LogP contribution >= 0.6 is 0 Å². The quantitative estimate of drug-likeness (QED) is 0.797. The van der Waals surface area contributed by atoms with Gasteiger partial charge < -0.3 is 14.6 Å². The second-order valence-corrected chi connectivity index (χ2v) is 8.59. The van der Waals surface area contributed by atoms with Crippen molar-refractivity contribution in [2.75, 3.05) is 13.2 Å². The number of H-pyrrole nitrogens is 1. The summed E-state index contributed by atoms with van der Waals surface area (Å²) in [6.07, 6.45) is 8.49. The van der Waals surface area contributed by atoms with Gasteiger partial charge in [-0.15, -0.1) is 0 Å². The van der Waals surface area contributed by atoms with Gasteiger partial charge in [0.1, 0.15) is 0 Å². The lowest BCUT2D eigenvalue weighted by Crippen LogP contribution is -2.42. The predicted octanol–water partition coefficient (Wildman–Crippen LogP) is 4.18. The number of pyridine rings is 1. The zero-order valence-electron chi connectivity index (χ0n) is 17.4. The van der Waals surface area contributed by atoms with Gasteiger partial charge >= 0.3 is 0 Å². The van der Waals surface area contributed by atoms with E-state index in [1.807, 2.05) is 23.1 Å². The Hall–Kier alpha value is -2.14. The van der Waals surface area contributed by atoms with E-state index in [0.29, 0.717) is 18.7 Å². The highest BCUT2D eigenvalue weighted by molar-refractivity contribution is 5.81.